The molecule has 20 heavy (non-hydrogen) atoms. The van der Waals surface area contributed by atoms with Gasteiger partial charge < -0.3 is 10.1 Å². The summed E-state index contributed by atoms with van der Waals surface area (Å²) in [6.45, 7) is -0.355. The van der Waals surface area contributed by atoms with Crippen molar-refractivity contribution in [3.63, 3.8) is 0 Å². The SMILES string of the molecule is O=S(=O)(NCCc1ncc[nH]1)c1cc(F)ccc1CO. The van der Waals surface area contributed by atoms with Crippen LogP contribution in [-0.2, 0) is 23.1 Å². The average molecular weight is 299 g/mol. The number of aromatic amines is 1. The Kier molecular flexibility index (Phi) is 4.48. The molecule has 6 nitrogen and oxygen atoms in total. The van der Waals surface area contributed by atoms with Crippen molar-refractivity contribution < 1.29 is 17.9 Å². The number of sulfonamides is 1. The monoisotopic (exact) mass is 299 g/mol. The van der Waals surface area contributed by atoms with Gasteiger partial charge in [0, 0.05) is 25.4 Å². The summed E-state index contributed by atoms with van der Waals surface area (Å²) >= 11 is 0. The Morgan fingerprint density at radius 2 is 2.20 bits per heavy atom. The van der Waals surface area contributed by atoms with E-state index in [4.69, 9.17) is 5.11 Å². The van der Waals surface area contributed by atoms with Gasteiger partial charge in [0.25, 0.3) is 0 Å². The van der Waals surface area contributed by atoms with Gasteiger partial charge in [-0.05, 0) is 17.7 Å². The van der Waals surface area contributed by atoms with Crippen molar-refractivity contribution in [3.05, 3.63) is 47.8 Å². The molecular formula is C12H14FN3O3S. The minimum atomic E-state index is -3.87. The maximum atomic E-state index is 13.2. The fourth-order valence-corrected chi connectivity index (χ4v) is 3.00. The number of nitrogens with one attached hydrogen (secondary N) is 2. The van der Waals surface area contributed by atoms with Crippen LogP contribution in [0.4, 0.5) is 4.39 Å². The van der Waals surface area contributed by atoms with E-state index in [0.717, 1.165) is 12.1 Å². The Morgan fingerprint density at radius 1 is 1.40 bits per heavy atom. The van der Waals surface area contributed by atoms with Crippen molar-refractivity contribution in [2.45, 2.75) is 17.9 Å². The average Bonchev–Trinajstić information content (AvgIpc) is 2.91. The first-order valence-electron chi connectivity index (χ1n) is 5.90. The van der Waals surface area contributed by atoms with Gasteiger partial charge in [0.2, 0.25) is 10.0 Å². The number of rotatable bonds is 6. The molecule has 0 aliphatic heterocycles. The van der Waals surface area contributed by atoms with Crippen molar-refractivity contribution in [1.82, 2.24) is 14.7 Å². The number of imidazole rings is 1. The van der Waals surface area contributed by atoms with Crippen molar-refractivity contribution in [2.75, 3.05) is 6.54 Å². The van der Waals surface area contributed by atoms with Crippen LogP contribution in [0.3, 0.4) is 0 Å². The molecule has 0 aliphatic carbocycles. The Hall–Kier alpha value is -1.77. The second-order valence-electron chi connectivity index (χ2n) is 4.09. The van der Waals surface area contributed by atoms with Crippen LogP contribution in [0.25, 0.3) is 0 Å². The molecule has 1 aromatic heterocycles. The summed E-state index contributed by atoms with van der Waals surface area (Å²) in [6.07, 6.45) is 3.59. The molecule has 3 N–H and O–H groups in total. The molecular weight excluding hydrogens is 285 g/mol. The van der Waals surface area contributed by atoms with Crippen LogP contribution in [0.1, 0.15) is 11.4 Å². The summed E-state index contributed by atoms with van der Waals surface area (Å²) in [5.41, 5.74) is 0.150. The predicted octanol–water partition coefficient (Wildman–Crippen LogP) is 0.562. The molecule has 0 amide bonds. The lowest BCUT2D eigenvalue weighted by atomic mass is 10.2. The zero-order chi connectivity index (χ0) is 14.6. The maximum Gasteiger partial charge on any atom is 0.241 e. The number of halogens is 1. The van der Waals surface area contributed by atoms with Crippen molar-refractivity contribution in [1.29, 1.82) is 0 Å². The van der Waals surface area contributed by atoms with Crippen molar-refractivity contribution in [3.8, 4) is 0 Å². The van der Waals surface area contributed by atoms with E-state index in [-0.39, 0.29) is 17.0 Å². The van der Waals surface area contributed by atoms with Crippen molar-refractivity contribution in [2.24, 2.45) is 0 Å². The lowest BCUT2D eigenvalue weighted by molar-refractivity contribution is 0.278. The normalized spacial score (nSPS) is 11.7. The summed E-state index contributed by atoms with van der Waals surface area (Å²) in [5, 5.41) is 9.12. The molecule has 2 rings (SSSR count). The maximum absolute atomic E-state index is 13.2. The number of benzene rings is 1. The molecule has 0 saturated heterocycles. The van der Waals surface area contributed by atoms with Crippen molar-refractivity contribution >= 4 is 10.0 Å². The van der Waals surface area contributed by atoms with Gasteiger partial charge in [-0.15, -0.1) is 0 Å². The lowest BCUT2D eigenvalue weighted by Crippen LogP contribution is -2.27. The summed E-state index contributed by atoms with van der Waals surface area (Å²) in [4.78, 5) is 6.56. The number of H-pyrrole nitrogens is 1. The molecule has 8 heteroatoms. The summed E-state index contributed by atoms with van der Waals surface area (Å²) in [6, 6.07) is 3.24. The van der Waals surface area contributed by atoms with Gasteiger partial charge in [-0.1, -0.05) is 6.07 Å². The van der Waals surface area contributed by atoms with E-state index in [9.17, 15) is 12.8 Å². The highest BCUT2D eigenvalue weighted by atomic mass is 32.2. The highest BCUT2D eigenvalue weighted by Crippen LogP contribution is 2.17. The quantitative estimate of drug-likeness (QED) is 0.726. The standard InChI is InChI=1S/C12H14FN3O3S/c13-10-2-1-9(8-17)11(7-10)20(18,19)16-4-3-12-14-5-6-15-12/h1-2,5-7,16-17H,3-4,8H2,(H,14,15). The minimum Gasteiger partial charge on any atom is -0.392 e. The fraction of sp³-hybridized carbons (Fsp3) is 0.250. The van der Waals surface area contributed by atoms with E-state index in [1.807, 2.05) is 0 Å². The van der Waals surface area contributed by atoms with E-state index in [0.29, 0.717) is 12.2 Å². The minimum absolute atomic E-state index is 0.122. The molecule has 1 heterocycles. The fourth-order valence-electron chi connectivity index (χ4n) is 1.73. The van der Waals surface area contributed by atoms with Gasteiger partial charge in [-0.2, -0.15) is 0 Å². The first kappa shape index (κ1) is 14.6. The van der Waals surface area contributed by atoms with Crippen LogP contribution < -0.4 is 4.72 Å². The Labute approximate surface area is 115 Å². The zero-order valence-corrected chi connectivity index (χ0v) is 11.3. The number of aliphatic hydroxyl groups is 1. The topological polar surface area (TPSA) is 95.1 Å². The number of aliphatic hydroxyl groups excluding tert-OH is 1. The molecule has 0 saturated carbocycles. The van der Waals surface area contributed by atoms with Gasteiger partial charge in [0.15, 0.2) is 0 Å². The van der Waals surface area contributed by atoms with E-state index in [1.54, 1.807) is 12.4 Å². The molecule has 0 fully saturated rings. The van der Waals surface area contributed by atoms with Crippen LogP contribution >= 0.6 is 0 Å². The van der Waals surface area contributed by atoms with E-state index < -0.39 is 22.4 Å². The van der Waals surface area contributed by atoms with E-state index >= 15 is 0 Å². The molecule has 1 aromatic carbocycles. The molecule has 0 radical (unpaired) electrons. The van der Waals surface area contributed by atoms with Crippen LogP contribution in [0, 0.1) is 5.82 Å². The molecule has 108 valence electrons. The Bertz CT molecular complexity index is 671. The number of aromatic nitrogens is 2. The highest BCUT2D eigenvalue weighted by molar-refractivity contribution is 7.89. The molecule has 0 spiro atoms. The molecule has 2 aromatic rings. The predicted molar refractivity (Wildman–Crippen MR) is 69.8 cm³/mol. The van der Waals surface area contributed by atoms with Gasteiger partial charge in [0.1, 0.15) is 11.6 Å². The second kappa shape index (κ2) is 6.12. The summed E-state index contributed by atoms with van der Waals surface area (Å²) < 4.78 is 39.7. The van der Waals surface area contributed by atoms with E-state index in [1.165, 1.54) is 6.07 Å². The number of nitrogens with zero attached hydrogens (tertiary/aromatic N) is 1. The lowest BCUT2D eigenvalue weighted by Gasteiger charge is -2.10. The van der Waals surface area contributed by atoms with Gasteiger partial charge >= 0.3 is 0 Å². The second-order valence-corrected chi connectivity index (χ2v) is 5.83. The molecule has 0 unspecified atom stereocenters. The molecule has 0 aliphatic rings. The van der Waals surface area contributed by atoms with E-state index in [2.05, 4.69) is 14.7 Å². The third-order valence-corrected chi connectivity index (χ3v) is 4.24. The Balaban J connectivity index is 2.11. The number of hydrogen-bond donors (Lipinski definition) is 3. The van der Waals surface area contributed by atoms with Gasteiger partial charge in [0.05, 0.1) is 11.5 Å². The third-order valence-electron chi connectivity index (χ3n) is 2.70. The van der Waals surface area contributed by atoms with Crippen LogP contribution in [0.2, 0.25) is 0 Å². The first-order chi connectivity index (χ1) is 9.53. The molecule has 0 atom stereocenters. The largest absolute Gasteiger partial charge is 0.392 e. The summed E-state index contributed by atoms with van der Waals surface area (Å²) in [5.74, 6) is -0.0251. The van der Waals surface area contributed by atoms with Crippen LogP contribution in [-0.4, -0.2) is 30.0 Å². The third kappa shape index (κ3) is 3.41. The van der Waals surface area contributed by atoms with Gasteiger partial charge in [-0.25, -0.2) is 22.5 Å². The smallest absolute Gasteiger partial charge is 0.241 e. The van der Waals surface area contributed by atoms with Crippen LogP contribution in [0.15, 0.2) is 35.5 Å². The van der Waals surface area contributed by atoms with Gasteiger partial charge in [-0.3, -0.25) is 0 Å². The zero-order valence-electron chi connectivity index (χ0n) is 10.5. The molecule has 0 bridgehead atoms. The van der Waals surface area contributed by atoms with Crippen LogP contribution in [0.5, 0.6) is 0 Å². The number of hydrogen-bond acceptors (Lipinski definition) is 4. The summed E-state index contributed by atoms with van der Waals surface area (Å²) in [7, 11) is -3.87. The Morgan fingerprint density at radius 3 is 2.85 bits per heavy atom. The highest BCUT2D eigenvalue weighted by Gasteiger charge is 2.18. The first-order valence-corrected chi connectivity index (χ1v) is 7.38.